The Kier molecular flexibility index (Phi) is 5.68. The second-order valence-corrected chi connectivity index (χ2v) is 6.77. The second-order valence-electron chi connectivity index (χ2n) is 6.77. The van der Waals surface area contributed by atoms with Gasteiger partial charge in [-0.1, -0.05) is 30.3 Å². The first-order valence-electron chi connectivity index (χ1n) is 8.87. The van der Waals surface area contributed by atoms with Crippen LogP contribution in [0.25, 0.3) is 0 Å². The third-order valence-corrected chi connectivity index (χ3v) is 4.63. The molecule has 1 aromatic carbocycles. The summed E-state index contributed by atoms with van der Waals surface area (Å²) in [6.07, 6.45) is 5.01. The zero-order valence-corrected chi connectivity index (χ0v) is 15.2. The lowest BCUT2D eigenvalue weighted by atomic mass is 10.0. The molecule has 1 fully saturated rings. The van der Waals surface area contributed by atoms with E-state index in [9.17, 15) is 9.59 Å². The van der Waals surface area contributed by atoms with Crippen molar-refractivity contribution in [2.75, 3.05) is 32.1 Å². The number of aromatic amines is 1. The molecule has 0 bridgehead atoms. The number of anilines is 1. The highest BCUT2D eigenvalue weighted by molar-refractivity contribution is 5.82. The molecule has 0 unspecified atom stereocenters. The van der Waals surface area contributed by atoms with Crippen molar-refractivity contribution in [3.8, 4) is 0 Å². The number of hydrogen-bond donors (Lipinski definition) is 2. The molecule has 1 aromatic heterocycles. The maximum Gasteiger partial charge on any atom is 0.290 e. The lowest BCUT2D eigenvalue weighted by molar-refractivity contribution is -0.131. The van der Waals surface area contributed by atoms with Crippen LogP contribution < -0.4 is 15.8 Å². The Morgan fingerprint density at radius 3 is 2.81 bits per heavy atom. The molecular formula is C19H25N5O2. The van der Waals surface area contributed by atoms with Crippen LogP contribution in [0.3, 0.4) is 0 Å². The topological polar surface area (TPSA) is 81.3 Å². The van der Waals surface area contributed by atoms with Crippen LogP contribution in [-0.4, -0.2) is 54.0 Å². The Morgan fingerprint density at radius 1 is 1.35 bits per heavy atom. The zero-order chi connectivity index (χ0) is 18.5. The first-order chi connectivity index (χ1) is 12.6. The minimum absolute atomic E-state index is 0.0176. The van der Waals surface area contributed by atoms with E-state index in [4.69, 9.17) is 0 Å². The van der Waals surface area contributed by atoms with Gasteiger partial charge in [0.1, 0.15) is 6.04 Å². The highest BCUT2D eigenvalue weighted by Crippen LogP contribution is 2.20. The summed E-state index contributed by atoms with van der Waals surface area (Å²) < 4.78 is 0. The Bertz CT molecular complexity index is 790. The highest BCUT2D eigenvalue weighted by Gasteiger charge is 2.29. The van der Waals surface area contributed by atoms with E-state index in [1.165, 1.54) is 6.20 Å². The Balaban J connectivity index is 1.77. The molecule has 1 amide bonds. The maximum absolute atomic E-state index is 12.7. The first-order valence-corrected chi connectivity index (χ1v) is 8.87. The van der Waals surface area contributed by atoms with Gasteiger partial charge in [-0.2, -0.15) is 0 Å². The molecule has 138 valence electrons. The summed E-state index contributed by atoms with van der Waals surface area (Å²) in [7, 11) is 3.53. The van der Waals surface area contributed by atoms with Crippen LogP contribution in [0.2, 0.25) is 0 Å². The van der Waals surface area contributed by atoms with Crippen molar-refractivity contribution in [1.82, 2.24) is 20.2 Å². The zero-order valence-electron chi connectivity index (χ0n) is 15.2. The molecule has 2 heterocycles. The molecule has 0 radical (unpaired) electrons. The van der Waals surface area contributed by atoms with Gasteiger partial charge in [0.15, 0.2) is 5.82 Å². The smallest absolute Gasteiger partial charge is 0.290 e. The normalized spacial score (nSPS) is 18.4. The fourth-order valence-corrected chi connectivity index (χ4v) is 3.32. The van der Waals surface area contributed by atoms with Crippen LogP contribution in [-0.2, 0) is 4.79 Å². The van der Waals surface area contributed by atoms with E-state index < -0.39 is 6.04 Å². The lowest BCUT2D eigenvalue weighted by Crippen LogP contribution is -2.50. The van der Waals surface area contributed by atoms with Crippen molar-refractivity contribution < 1.29 is 4.79 Å². The van der Waals surface area contributed by atoms with Crippen molar-refractivity contribution in [1.29, 1.82) is 0 Å². The third kappa shape index (κ3) is 4.11. The largest absolute Gasteiger partial charge is 0.350 e. The monoisotopic (exact) mass is 355 g/mol. The fraction of sp³-hybridized carbons (Fsp3) is 0.421. The van der Waals surface area contributed by atoms with Crippen molar-refractivity contribution in [2.45, 2.75) is 24.9 Å². The van der Waals surface area contributed by atoms with Crippen LogP contribution in [0.1, 0.15) is 24.4 Å². The van der Waals surface area contributed by atoms with Gasteiger partial charge in [-0.05, 0) is 18.4 Å². The third-order valence-electron chi connectivity index (χ3n) is 4.63. The molecule has 2 atom stereocenters. The number of likely N-dealkylation sites (N-methyl/N-ethyl adjacent to an activating group) is 1. The van der Waals surface area contributed by atoms with E-state index in [1.54, 1.807) is 25.2 Å². The second kappa shape index (κ2) is 8.14. The predicted molar refractivity (Wildman–Crippen MR) is 101 cm³/mol. The van der Waals surface area contributed by atoms with E-state index >= 15 is 0 Å². The van der Waals surface area contributed by atoms with Crippen molar-refractivity contribution in [3.63, 3.8) is 0 Å². The molecule has 1 saturated heterocycles. The molecule has 7 nitrogen and oxygen atoms in total. The standard InChI is InChI=1S/C19H25N5O2/c1-23(2)19(26)16(14-7-4-3-5-8-14)22-15-9-6-12-24(13-15)17-18(25)21-11-10-20-17/h3-5,7-8,10-11,15-16,22H,6,9,12-13H2,1-2H3,(H,21,25)/t15-,16+/m1/s1. The first kappa shape index (κ1) is 18.1. The predicted octanol–water partition coefficient (Wildman–Crippen LogP) is 1.16. The number of nitrogens with zero attached hydrogens (tertiary/aromatic N) is 3. The number of carbonyl (C=O) groups is 1. The van der Waals surface area contributed by atoms with Gasteiger partial charge in [0.25, 0.3) is 5.56 Å². The molecule has 0 aliphatic carbocycles. The Morgan fingerprint density at radius 2 is 2.12 bits per heavy atom. The van der Waals surface area contributed by atoms with Gasteiger partial charge in [-0.3, -0.25) is 14.9 Å². The molecule has 2 N–H and O–H groups in total. The van der Waals surface area contributed by atoms with Crippen LogP contribution in [0.15, 0.2) is 47.5 Å². The number of hydrogen-bond acceptors (Lipinski definition) is 5. The summed E-state index contributed by atoms with van der Waals surface area (Å²) >= 11 is 0. The van der Waals surface area contributed by atoms with Crippen LogP contribution in [0.5, 0.6) is 0 Å². The van der Waals surface area contributed by atoms with Gasteiger partial charge in [-0.25, -0.2) is 4.98 Å². The molecule has 0 saturated carbocycles. The molecule has 1 aliphatic rings. The lowest BCUT2D eigenvalue weighted by Gasteiger charge is -2.35. The Labute approximate surface area is 153 Å². The number of carbonyl (C=O) groups excluding carboxylic acids is 1. The molecular weight excluding hydrogens is 330 g/mol. The number of H-pyrrole nitrogens is 1. The number of aromatic nitrogens is 2. The van der Waals surface area contributed by atoms with Crippen molar-refractivity contribution in [2.24, 2.45) is 0 Å². The van der Waals surface area contributed by atoms with Crippen LogP contribution in [0.4, 0.5) is 5.82 Å². The average molecular weight is 355 g/mol. The number of amides is 1. The van der Waals surface area contributed by atoms with Crippen molar-refractivity contribution in [3.05, 3.63) is 58.6 Å². The van der Waals surface area contributed by atoms with Crippen molar-refractivity contribution >= 4 is 11.7 Å². The minimum Gasteiger partial charge on any atom is -0.350 e. The van der Waals surface area contributed by atoms with Crippen LogP contribution >= 0.6 is 0 Å². The molecule has 3 rings (SSSR count). The minimum atomic E-state index is -0.404. The van der Waals surface area contributed by atoms with Gasteiger partial charge in [0, 0.05) is 45.6 Å². The van der Waals surface area contributed by atoms with Gasteiger partial charge >= 0.3 is 0 Å². The van der Waals surface area contributed by atoms with E-state index in [1.807, 2.05) is 35.2 Å². The highest BCUT2D eigenvalue weighted by atomic mass is 16.2. The molecule has 1 aliphatic heterocycles. The maximum atomic E-state index is 12.7. The summed E-state index contributed by atoms with van der Waals surface area (Å²) in [6.45, 7) is 1.43. The van der Waals surface area contributed by atoms with Gasteiger partial charge < -0.3 is 14.8 Å². The van der Waals surface area contributed by atoms with Gasteiger partial charge in [0.05, 0.1) is 0 Å². The quantitative estimate of drug-likeness (QED) is 0.841. The number of nitrogens with one attached hydrogen (secondary N) is 2. The van der Waals surface area contributed by atoms with Crippen LogP contribution in [0, 0.1) is 0 Å². The summed E-state index contributed by atoms with van der Waals surface area (Å²) in [4.78, 5) is 35.2. The van der Waals surface area contributed by atoms with Gasteiger partial charge in [-0.15, -0.1) is 0 Å². The summed E-state index contributed by atoms with van der Waals surface area (Å²) in [6, 6.07) is 9.43. The number of rotatable bonds is 5. The van der Waals surface area contributed by atoms with E-state index in [0.717, 1.165) is 24.9 Å². The van der Waals surface area contributed by atoms with Gasteiger partial charge in [0.2, 0.25) is 5.91 Å². The van der Waals surface area contributed by atoms with E-state index in [-0.39, 0.29) is 17.5 Å². The SMILES string of the molecule is CN(C)C(=O)[C@@H](N[C@@H]1CCCN(c2ncc[nH]c2=O)C1)c1ccccc1. The fourth-order valence-electron chi connectivity index (χ4n) is 3.32. The van der Waals surface area contributed by atoms with E-state index in [0.29, 0.717) is 12.4 Å². The molecule has 2 aromatic rings. The Hall–Kier alpha value is -2.67. The molecule has 7 heteroatoms. The number of piperidine rings is 1. The van der Waals surface area contributed by atoms with E-state index in [2.05, 4.69) is 15.3 Å². The molecule has 26 heavy (non-hydrogen) atoms. The summed E-state index contributed by atoms with van der Waals surface area (Å²) in [5, 5.41) is 3.50. The number of benzene rings is 1. The average Bonchev–Trinajstić information content (AvgIpc) is 2.67. The summed E-state index contributed by atoms with van der Waals surface area (Å²) in [5.74, 6) is 0.457. The molecule has 0 spiro atoms. The summed E-state index contributed by atoms with van der Waals surface area (Å²) in [5.41, 5.74) is 0.760.